The van der Waals surface area contributed by atoms with Gasteiger partial charge in [0.25, 0.3) is 0 Å². The Hall–Kier alpha value is -2.91. The summed E-state index contributed by atoms with van der Waals surface area (Å²) in [5.74, 6) is 1.11. The van der Waals surface area contributed by atoms with E-state index in [9.17, 15) is 0 Å². The highest BCUT2D eigenvalue weighted by Gasteiger charge is 2.26. The summed E-state index contributed by atoms with van der Waals surface area (Å²) in [4.78, 5) is 13.4. The van der Waals surface area contributed by atoms with Crippen molar-refractivity contribution in [1.82, 2.24) is 19.4 Å². The molecule has 6 heteroatoms. The summed E-state index contributed by atoms with van der Waals surface area (Å²) < 4.78 is 2.01. The summed E-state index contributed by atoms with van der Waals surface area (Å²) in [5.41, 5.74) is 5.76. The van der Waals surface area contributed by atoms with Crippen LogP contribution >= 0.6 is 0 Å². The largest absolute Gasteiger partial charge is 0.334 e. The number of nitrogens with zero attached hydrogens (tertiary/aromatic N) is 6. The lowest BCUT2D eigenvalue weighted by molar-refractivity contribution is 0.127. The van der Waals surface area contributed by atoms with Gasteiger partial charge in [-0.05, 0) is 23.6 Å². The Bertz CT molecular complexity index is 1010. The van der Waals surface area contributed by atoms with Gasteiger partial charge in [-0.2, -0.15) is 5.26 Å². The van der Waals surface area contributed by atoms with Crippen LogP contribution in [0.1, 0.15) is 18.1 Å². The van der Waals surface area contributed by atoms with Crippen LogP contribution in [-0.4, -0.2) is 39.6 Å². The van der Waals surface area contributed by atoms with Gasteiger partial charge < -0.3 is 9.47 Å². The minimum absolute atomic E-state index is 0.203. The average Bonchev–Trinajstić information content (AvgIpc) is 3.04. The second-order valence-corrected chi connectivity index (χ2v) is 7.28. The molecular formula is C21H24N6. The van der Waals surface area contributed by atoms with Gasteiger partial charge in [-0.25, -0.2) is 9.97 Å². The van der Waals surface area contributed by atoms with Crippen LogP contribution in [0, 0.1) is 17.2 Å². The molecular weight excluding hydrogens is 336 g/mol. The van der Waals surface area contributed by atoms with Gasteiger partial charge in [0, 0.05) is 45.5 Å². The second kappa shape index (κ2) is 7.01. The lowest BCUT2D eigenvalue weighted by Gasteiger charge is -2.35. The Kier molecular flexibility index (Phi) is 4.54. The number of benzene rings is 1. The minimum atomic E-state index is 0.203. The zero-order chi connectivity index (χ0) is 19.0. The summed E-state index contributed by atoms with van der Waals surface area (Å²) in [6, 6.07) is 11.1. The van der Waals surface area contributed by atoms with Crippen LogP contribution in [0.15, 0.2) is 36.8 Å². The SMILES string of the molecule is CCc1cc(CN2CC(C#N)C2)ccc1N(C)c1cc2c(cn1)ncn2C. The van der Waals surface area contributed by atoms with Gasteiger partial charge in [-0.15, -0.1) is 0 Å². The van der Waals surface area contributed by atoms with Crippen molar-refractivity contribution in [3.8, 4) is 6.07 Å². The van der Waals surface area contributed by atoms with Crippen molar-refractivity contribution < 1.29 is 0 Å². The number of pyridine rings is 1. The molecule has 0 spiro atoms. The van der Waals surface area contributed by atoms with E-state index in [0.717, 1.165) is 42.9 Å². The molecule has 2 aromatic heterocycles. The summed E-state index contributed by atoms with van der Waals surface area (Å²) >= 11 is 0. The standard InChI is InChI=1S/C21H24N6/c1-4-17-7-15(11-27-12-16(9-22)13-27)5-6-19(17)26(3)21-8-20-18(10-23-21)24-14-25(20)2/h5-8,10,14,16H,4,11-13H2,1-3H3. The first kappa shape index (κ1) is 17.5. The fourth-order valence-electron chi connectivity index (χ4n) is 3.71. The van der Waals surface area contributed by atoms with Crippen molar-refractivity contribution in [1.29, 1.82) is 5.26 Å². The monoisotopic (exact) mass is 360 g/mol. The third-order valence-electron chi connectivity index (χ3n) is 5.37. The molecule has 0 unspecified atom stereocenters. The van der Waals surface area contributed by atoms with Crippen LogP contribution in [0.2, 0.25) is 0 Å². The fourth-order valence-corrected chi connectivity index (χ4v) is 3.71. The Morgan fingerprint density at radius 3 is 2.81 bits per heavy atom. The number of anilines is 2. The van der Waals surface area contributed by atoms with E-state index in [1.807, 2.05) is 24.1 Å². The number of hydrogen-bond donors (Lipinski definition) is 0. The lowest BCUT2D eigenvalue weighted by Crippen LogP contribution is -2.45. The molecule has 27 heavy (non-hydrogen) atoms. The maximum absolute atomic E-state index is 8.93. The number of fused-ring (bicyclic) bond motifs is 1. The number of aryl methyl sites for hydroxylation is 2. The molecule has 6 nitrogen and oxygen atoms in total. The number of likely N-dealkylation sites (tertiary alicyclic amines) is 1. The molecule has 1 fully saturated rings. The van der Waals surface area contributed by atoms with Crippen molar-refractivity contribution in [2.45, 2.75) is 19.9 Å². The van der Waals surface area contributed by atoms with E-state index in [1.54, 1.807) is 0 Å². The van der Waals surface area contributed by atoms with Crippen LogP contribution < -0.4 is 4.90 Å². The fraction of sp³-hybridized carbons (Fsp3) is 0.381. The third kappa shape index (κ3) is 3.26. The van der Waals surface area contributed by atoms with Crippen molar-refractivity contribution >= 4 is 22.5 Å². The van der Waals surface area contributed by atoms with E-state index in [2.05, 4.69) is 64.1 Å². The zero-order valence-electron chi connectivity index (χ0n) is 16.1. The number of rotatable bonds is 5. The maximum Gasteiger partial charge on any atom is 0.134 e. The molecule has 1 aliphatic rings. The van der Waals surface area contributed by atoms with E-state index in [-0.39, 0.29) is 5.92 Å². The molecule has 138 valence electrons. The van der Waals surface area contributed by atoms with E-state index in [4.69, 9.17) is 5.26 Å². The molecule has 1 saturated heterocycles. The summed E-state index contributed by atoms with van der Waals surface area (Å²) in [5, 5.41) is 8.93. The molecule has 0 atom stereocenters. The van der Waals surface area contributed by atoms with Crippen LogP contribution in [0.3, 0.4) is 0 Å². The van der Waals surface area contributed by atoms with Gasteiger partial charge in [0.15, 0.2) is 0 Å². The molecule has 3 aromatic rings. The normalized spacial score (nSPS) is 14.9. The highest BCUT2D eigenvalue weighted by Crippen LogP contribution is 2.29. The smallest absolute Gasteiger partial charge is 0.134 e. The lowest BCUT2D eigenvalue weighted by atomic mass is 9.99. The van der Waals surface area contributed by atoms with Crippen LogP contribution in [0.4, 0.5) is 11.5 Å². The number of imidazole rings is 1. The molecule has 3 heterocycles. The number of hydrogen-bond acceptors (Lipinski definition) is 5. The number of nitriles is 1. The minimum Gasteiger partial charge on any atom is -0.334 e. The summed E-state index contributed by atoms with van der Waals surface area (Å²) in [6.45, 7) is 4.86. The van der Waals surface area contributed by atoms with Gasteiger partial charge in [0.1, 0.15) is 11.3 Å². The van der Waals surface area contributed by atoms with Crippen molar-refractivity contribution in [3.05, 3.63) is 47.9 Å². The molecule has 0 radical (unpaired) electrons. The topological polar surface area (TPSA) is 61.0 Å². The first-order valence-corrected chi connectivity index (χ1v) is 9.33. The molecule has 0 saturated carbocycles. The predicted molar refractivity (Wildman–Crippen MR) is 107 cm³/mol. The second-order valence-electron chi connectivity index (χ2n) is 7.28. The van der Waals surface area contributed by atoms with Gasteiger partial charge in [0.05, 0.1) is 30.0 Å². The van der Waals surface area contributed by atoms with Crippen molar-refractivity contribution in [3.63, 3.8) is 0 Å². The highest BCUT2D eigenvalue weighted by atomic mass is 15.2. The van der Waals surface area contributed by atoms with E-state index >= 15 is 0 Å². The molecule has 0 amide bonds. The maximum atomic E-state index is 8.93. The first-order valence-electron chi connectivity index (χ1n) is 9.33. The third-order valence-corrected chi connectivity index (χ3v) is 5.37. The average molecular weight is 360 g/mol. The van der Waals surface area contributed by atoms with E-state index in [0.29, 0.717) is 0 Å². The van der Waals surface area contributed by atoms with Gasteiger partial charge in [-0.1, -0.05) is 19.1 Å². The zero-order valence-corrected chi connectivity index (χ0v) is 16.1. The van der Waals surface area contributed by atoms with Gasteiger partial charge in [0.2, 0.25) is 0 Å². The van der Waals surface area contributed by atoms with Gasteiger partial charge >= 0.3 is 0 Å². The molecule has 1 aromatic carbocycles. The van der Waals surface area contributed by atoms with Crippen LogP contribution in [0.25, 0.3) is 11.0 Å². The Balaban J connectivity index is 1.58. The molecule has 0 N–H and O–H groups in total. The van der Waals surface area contributed by atoms with Gasteiger partial charge in [-0.3, -0.25) is 4.90 Å². The quantitative estimate of drug-likeness (QED) is 0.699. The van der Waals surface area contributed by atoms with Crippen LogP contribution in [0.5, 0.6) is 0 Å². The Morgan fingerprint density at radius 1 is 1.26 bits per heavy atom. The van der Waals surface area contributed by atoms with E-state index < -0.39 is 0 Å². The van der Waals surface area contributed by atoms with E-state index in [1.165, 1.54) is 16.8 Å². The Labute approximate surface area is 159 Å². The number of aromatic nitrogens is 3. The van der Waals surface area contributed by atoms with Crippen molar-refractivity contribution in [2.75, 3.05) is 25.0 Å². The summed E-state index contributed by atoms with van der Waals surface area (Å²) in [6.07, 6.45) is 4.61. The molecule has 0 bridgehead atoms. The Morgan fingerprint density at radius 2 is 2.07 bits per heavy atom. The first-order chi connectivity index (χ1) is 13.1. The molecule has 0 aliphatic carbocycles. The molecule has 4 rings (SSSR count). The highest BCUT2D eigenvalue weighted by molar-refractivity contribution is 5.79. The van der Waals surface area contributed by atoms with Crippen LogP contribution in [-0.2, 0) is 20.0 Å². The molecule has 1 aliphatic heterocycles. The van der Waals surface area contributed by atoms with Crippen molar-refractivity contribution in [2.24, 2.45) is 13.0 Å². The summed E-state index contributed by atoms with van der Waals surface area (Å²) in [7, 11) is 4.06. The predicted octanol–water partition coefficient (Wildman–Crippen LogP) is 3.25.